The average molecular weight is 549 g/mol. The minimum absolute atomic E-state index is 0.521. The van der Waals surface area contributed by atoms with Crippen LogP contribution in [0.3, 0.4) is 0 Å². The highest BCUT2D eigenvalue weighted by Crippen LogP contribution is 2.28. The quantitative estimate of drug-likeness (QED) is 0.0947. The van der Waals surface area contributed by atoms with Crippen molar-refractivity contribution in [1.82, 2.24) is 0 Å². The van der Waals surface area contributed by atoms with Gasteiger partial charge in [0.05, 0.1) is 35.0 Å². The van der Waals surface area contributed by atoms with Crippen molar-refractivity contribution in [3.63, 3.8) is 0 Å². The van der Waals surface area contributed by atoms with Crippen molar-refractivity contribution < 1.29 is 9.47 Å². The minimum atomic E-state index is 0.521. The van der Waals surface area contributed by atoms with Gasteiger partial charge in [0.1, 0.15) is 12.4 Å². The lowest BCUT2D eigenvalue weighted by Crippen LogP contribution is -2.21. The van der Waals surface area contributed by atoms with Crippen LogP contribution in [-0.2, 0) is 4.74 Å². The topological polar surface area (TPSA) is 83.5 Å². The monoisotopic (exact) mass is 548 g/mol. The Balaban J connectivity index is 1.32. The van der Waals surface area contributed by atoms with Gasteiger partial charge in [-0.05, 0) is 111 Å². The number of azo groups is 2. The third-order valence-electron chi connectivity index (χ3n) is 6.36. The van der Waals surface area contributed by atoms with Gasteiger partial charge in [-0.15, -0.1) is 0 Å². The van der Waals surface area contributed by atoms with Crippen molar-refractivity contribution in [1.29, 1.82) is 0 Å². The average Bonchev–Trinajstić information content (AvgIpc) is 3.01. The number of nitrogens with zero attached hydrogens (tertiary/aromatic N) is 6. The first-order chi connectivity index (χ1) is 20.1. The second-order valence-electron chi connectivity index (χ2n) is 9.24. The van der Waals surface area contributed by atoms with Gasteiger partial charge in [0.15, 0.2) is 0 Å². The van der Waals surface area contributed by atoms with Crippen molar-refractivity contribution >= 4 is 40.3 Å². The second kappa shape index (κ2) is 15.2. The number of anilines is 1. The number of aliphatic imine (C=N–C) groups is 1. The molecule has 210 valence electrons. The summed E-state index contributed by atoms with van der Waals surface area (Å²) in [5.74, 6) is 0.793. The fourth-order valence-corrected chi connectivity index (χ4v) is 4.01. The Morgan fingerprint density at radius 3 is 1.88 bits per heavy atom. The fraction of sp³-hybridized carbons (Fsp3) is 0.242. The molecular formula is C33H36N6O2. The van der Waals surface area contributed by atoms with Crippen LogP contribution >= 0.6 is 0 Å². The van der Waals surface area contributed by atoms with E-state index in [0.717, 1.165) is 58.4 Å². The van der Waals surface area contributed by atoms with Crippen LogP contribution < -0.4 is 9.64 Å². The van der Waals surface area contributed by atoms with E-state index in [4.69, 9.17) is 9.47 Å². The molecule has 0 bridgehead atoms. The predicted molar refractivity (Wildman–Crippen MR) is 167 cm³/mol. The van der Waals surface area contributed by atoms with E-state index < -0.39 is 0 Å². The van der Waals surface area contributed by atoms with E-state index in [1.165, 1.54) is 5.69 Å². The molecule has 0 radical (unpaired) electrons. The highest BCUT2D eigenvalue weighted by Gasteiger charge is 2.02. The molecule has 0 aliphatic carbocycles. The molecule has 0 saturated carbocycles. The second-order valence-corrected chi connectivity index (χ2v) is 9.24. The van der Waals surface area contributed by atoms with Gasteiger partial charge in [-0.1, -0.05) is 12.1 Å². The molecule has 0 aliphatic rings. The van der Waals surface area contributed by atoms with Gasteiger partial charge < -0.3 is 14.4 Å². The minimum Gasteiger partial charge on any atom is -0.491 e. The Bertz CT molecular complexity index is 1460. The first-order valence-corrected chi connectivity index (χ1v) is 13.7. The summed E-state index contributed by atoms with van der Waals surface area (Å²) in [5, 5.41) is 17.6. The number of ether oxygens (including phenoxy) is 2. The summed E-state index contributed by atoms with van der Waals surface area (Å²) in [6.07, 6.45) is 1.82. The Labute approximate surface area is 242 Å². The van der Waals surface area contributed by atoms with Crippen LogP contribution in [0.1, 0.15) is 25.0 Å². The van der Waals surface area contributed by atoms with E-state index >= 15 is 0 Å². The molecule has 4 aromatic rings. The van der Waals surface area contributed by atoms with Crippen LogP contribution in [0, 0.1) is 6.92 Å². The van der Waals surface area contributed by atoms with Gasteiger partial charge in [0, 0.05) is 32.1 Å². The number of methoxy groups -OCH3 is 1. The van der Waals surface area contributed by atoms with Crippen LogP contribution in [-0.4, -0.2) is 39.6 Å². The summed E-state index contributed by atoms with van der Waals surface area (Å²) < 4.78 is 10.6. The van der Waals surface area contributed by atoms with E-state index in [0.29, 0.717) is 13.2 Å². The number of hydrogen-bond donors (Lipinski definition) is 0. The summed E-state index contributed by atoms with van der Waals surface area (Å²) >= 11 is 0. The maximum absolute atomic E-state index is 5.58. The van der Waals surface area contributed by atoms with E-state index in [2.05, 4.69) is 56.3 Å². The van der Waals surface area contributed by atoms with Crippen LogP contribution in [0.5, 0.6) is 5.75 Å². The van der Waals surface area contributed by atoms with Gasteiger partial charge >= 0.3 is 0 Å². The van der Waals surface area contributed by atoms with Crippen LogP contribution in [0.15, 0.2) is 116 Å². The fourth-order valence-electron chi connectivity index (χ4n) is 4.01. The highest BCUT2D eigenvalue weighted by molar-refractivity contribution is 5.82. The number of hydrogen-bond acceptors (Lipinski definition) is 8. The van der Waals surface area contributed by atoms with E-state index in [9.17, 15) is 0 Å². The molecular weight excluding hydrogens is 512 g/mol. The van der Waals surface area contributed by atoms with Gasteiger partial charge in [-0.2, -0.15) is 20.5 Å². The molecule has 0 aromatic heterocycles. The molecule has 0 saturated heterocycles. The molecule has 8 heteroatoms. The number of benzene rings is 4. The maximum atomic E-state index is 5.58. The summed E-state index contributed by atoms with van der Waals surface area (Å²) in [5.41, 5.74) is 7.11. The van der Waals surface area contributed by atoms with E-state index in [-0.39, 0.29) is 0 Å². The summed E-state index contributed by atoms with van der Waals surface area (Å²) in [6.45, 7) is 9.32. The van der Waals surface area contributed by atoms with E-state index in [1.54, 1.807) is 7.11 Å². The molecule has 8 nitrogen and oxygen atoms in total. The zero-order valence-corrected chi connectivity index (χ0v) is 24.1. The Hall–Kier alpha value is -4.69. The van der Waals surface area contributed by atoms with Crippen LogP contribution in [0.25, 0.3) is 0 Å². The maximum Gasteiger partial charge on any atom is 0.119 e. The largest absolute Gasteiger partial charge is 0.491 e. The summed E-state index contributed by atoms with van der Waals surface area (Å²) in [4.78, 5) is 6.83. The van der Waals surface area contributed by atoms with Crippen LogP contribution in [0.4, 0.5) is 34.1 Å². The van der Waals surface area contributed by atoms with Gasteiger partial charge in [0.2, 0.25) is 0 Å². The lowest BCUT2D eigenvalue weighted by atomic mass is 10.2. The zero-order valence-electron chi connectivity index (χ0n) is 24.1. The smallest absolute Gasteiger partial charge is 0.119 e. The van der Waals surface area contributed by atoms with Gasteiger partial charge in [0.25, 0.3) is 0 Å². The molecule has 0 atom stereocenters. The SMILES string of the molecule is CCN(CC)c1ccc(N=Nc2ccc(N=Nc3ccc(C=Nc4ccc(OCCOC)cc4)cc3)c(C)c2)cc1. The Morgan fingerprint density at radius 1 is 0.659 bits per heavy atom. The molecule has 0 fully saturated rings. The van der Waals surface area contributed by atoms with Gasteiger partial charge in [-0.3, -0.25) is 4.99 Å². The van der Waals surface area contributed by atoms with Crippen molar-refractivity contribution in [2.24, 2.45) is 25.4 Å². The number of rotatable bonds is 13. The van der Waals surface area contributed by atoms with Crippen molar-refractivity contribution in [2.45, 2.75) is 20.8 Å². The molecule has 4 rings (SSSR count). The predicted octanol–water partition coefficient (Wildman–Crippen LogP) is 9.45. The third-order valence-corrected chi connectivity index (χ3v) is 6.36. The first kappa shape index (κ1) is 29.3. The molecule has 4 aromatic carbocycles. The Kier molecular flexibility index (Phi) is 10.9. The molecule has 0 amide bonds. The molecule has 0 N–H and O–H groups in total. The van der Waals surface area contributed by atoms with E-state index in [1.807, 2.05) is 92.0 Å². The molecule has 41 heavy (non-hydrogen) atoms. The lowest BCUT2D eigenvalue weighted by Gasteiger charge is -2.20. The van der Waals surface area contributed by atoms with Crippen molar-refractivity contribution in [3.8, 4) is 5.75 Å². The zero-order chi connectivity index (χ0) is 28.9. The first-order valence-electron chi connectivity index (χ1n) is 13.7. The standard InChI is InChI=1S/C33H36N6O2/c1-5-39(6-2)31-16-11-29(12-17-31)35-37-30-15-20-33(25(3)23-30)38-36-28-9-7-26(8-10-28)24-34-27-13-18-32(19-14-27)41-22-21-40-4/h7-20,23-24H,5-6,21-22H2,1-4H3. The number of aryl methyl sites for hydroxylation is 1. The Morgan fingerprint density at radius 2 is 1.24 bits per heavy atom. The third kappa shape index (κ3) is 8.91. The van der Waals surface area contributed by atoms with Crippen molar-refractivity contribution in [2.75, 3.05) is 38.3 Å². The van der Waals surface area contributed by atoms with Gasteiger partial charge in [-0.25, -0.2) is 0 Å². The normalized spacial score (nSPS) is 11.6. The molecule has 0 spiro atoms. The summed E-state index contributed by atoms with van der Waals surface area (Å²) in [6, 6.07) is 29.3. The summed E-state index contributed by atoms with van der Waals surface area (Å²) in [7, 11) is 1.65. The molecule has 0 aliphatic heterocycles. The lowest BCUT2D eigenvalue weighted by molar-refractivity contribution is 0.146. The molecule has 0 unspecified atom stereocenters. The highest BCUT2D eigenvalue weighted by atomic mass is 16.5. The molecule has 0 heterocycles. The van der Waals surface area contributed by atoms with Crippen LogP contribution in [0.2, 0.25) is 0 Å². The van der Waals surface area contributed by atoms with Crippen molar-refractivity contribution in [3.05, 3.63) is 102 Å².